The molecule has 0 fully saturated rings. The van der Waals surface area contributed by atoms with Gasteiger partial charge in [0.1, 0.15) is 5.60 Å². The molecular weight excluding hydrogens is 495 g/mol. The smallest absolute Gasteiger partial charge is 0.345 e. The summed E-state index contributed by atoms with van der Waals surface area (Å²) >= 11 is 0. The van der Waals surface area contributed by atoms with Crippen molar-refractivity contribution in [3.63, 3.8) is 0 Å². The topological polar surface area (TPSA) is 35.5 Å². The zero-order valence-electron chi connectivity index (χ0n) is 21.3. The van der Waals surface area contributed by atoms with Crippen LogP contribution >= 0.6 is 0 Å². The second-order valence-electron chi connectivity index (χ2n) is 9.36. The van der Waals surface area contributed by atoms with Crippen LogP contribution in [0.5, 0.6) is 5.75 Å². The number of carbonyl (C=O) groups is 1. The van der Waals surface area contributed by atoms with Crippen LogP contribution in [0.3, 0.4) is 0 Å². The second kappa shape index (κ2) is 11.1. The van der Waals surface area contributed by atoms with E-state index in [9.17, 15) is 9.18 Å². The molecule has 0 amide bonds. The Kier molecular flexibility index (Phi) is 7.47. The lowest BCUT2D eigenvalue weighted by Gasteiger charge is -2.26. The van der Waals surface area contributed by atoms with Crippen LogP contribution in [0.4, 0.5) is 4.39 Å². The fourth-order valence-electron chi connectivity index (χ4n) is 4.32. The van der Waals surface area contributed by atoms with Gasteiger partial charge in [0, 0.05) is 6.07 Å². The highest BCUT2D eigenvalue weighted by molar-refractivity contribution is 7.97. The van der Waals surface area contributed by atoms with Crippen molar-refractivity contribution >= 4 is 27.6 Å². The monoisotopic (exact) mass is 523 g/mol. The van der Waals surface area contributed by atoms with E-state index in [1.807, 2.05) is 92.7 Å². The highest BCUT2D eigenvalue weighted by Crippen LogP contribution is 2.34. The van der Waals surface area contributed by atoms with Gasteiger partial charge in [-0.1, -0.05) is 72.8 Å². The zero-order chi connectivity index (χ0) is 26.5. The first kappa shape index (κ1) is 25.6. The molecule has 0 aliphatic heterocycles. The summed E-state index contributed by atoms with van der Waals surface area (Å²) in [5.41, 5.74) is -0.00897. The van der Waals surface area contributed by atoms with E-state index in [0.29, 0.717) is 0 Å². The van der Waals surface area contributed by atoms with Crippen LogP contribution in [0.25, 0.3) is 10.8 Å². The van der Waals surface area contributed by atoms with E-state index in [1.165, 1.54) is 6.07 Å². The van der Waals surface area contributed by atoms with Gasteiger partial charge in [0.05, 0.1) is 10.9 Å². The van der Waals surface area contributed by atoms with Crippen LogP contribution < -0.4 is 4.74 Å². The molecule has 0 aromatic heterocycles. The predicted octanol–water partition coefficient (Wildman–Crippen LogP) is 7.93. The van der Waals surface area contributed by atoms with Crippen LogP contribution in [0, 0.1) is 5.82 Å². The van der Waals surface area contributed by atoms with Gasteiger partial charge >= 0.3 is 5.97 Å². The number of halogens is 1. The number of hydrogen-bond donors (Lipinski definition) is 0. The minimum atomic E-state index is -0.877. The Labute approximate surface area is 225 Å². The fourth-order valence-corrected chi connectivity index (χ4v) is 6.42. The molecule has 5 aromatic carbocycles. The van der Waals surface area contributed by atoms with Crippen LogP contribution in [0.1, 0.15) is 19.4 Å². The minimum absolute atomic E-state index is 0.0207. The average molecular weight is 524 g/mol. The molecule has 0 saturated carbocycles. The van der Waals surface area contributed by atoms with Gasteiger partial charge in [-0.2, -0.15) is 0 Å². The number of fused-ring (bicyclic) bond motifs is 1. The van der Waals surface area contributed by atoms with Gasteiger partial charge in [0.2, 0.25) is 0 Å². The summed E-state index contributed by atoms with van der Waals surface area (Å²) in [6, 6.07) is 39.0. The molecule has 0 saturated heterocycles. The Bertz CT molecular complexity index is 1510. The van der Waals surface area contributed by atoms with E-state index < -0.39 is 34.9 Å². The lowest BCUT2D eigenvalue weighted by atomic mass is 9.95. The van der Waals surface area contributed by atoms with Crippen LogP contribution in [-0.2, 0) is 26.0 Å². The first-order valence-electron chi connectivity index (χ1n) is 12.4. The minimum Gasteiger partial charge on any atom is -0.479 e. The molecule has 3 nitrogen and oxygen atoms in total. The summed E-state index contributed by atoms with van der Waals surface area (Å²) in [5.74, 6) is -1.08. The molecule has 0 aliphatic rings. The maximum absolute atomic E-state index is 14.8. The molecule has 0 bridgehead atoms. The van der Waals surface area contributed by atoms with Crippen LogP contribution in [0.15, 0.2) is 136 Å². The zero-order valence-corrected chi connectivity index (χ0v) is 22.1. The van der Waals surface area contributed by atoms with Gasteiger partial charge in [-0.15, -0.1) is 0 Å². The normalized spacial score (nSPS) is 11.5. The van der Waals surface area contributed by atoms with Gasteiger partial charge in [-0.3, -0.25) is 0 Å². The van der Waals surface area contributed by atoms with Gasteiger partial charge in [0.15, 0.2) is 32.9 Å². The molecule has 5 rings (SSSR count). The SMILES string of the molecule is CC(C)(OC(=O)COc1cc([S+](c2ccccc2)c2ccccc2)ccc1F)c1ccc2ccccc2c1. The Morgan fingerprint density at radius 3 is 1.97 bits per heavy atom. The first-order valence-corrected chi connectivity index (χ1v) is 13.6. The van der Waals surface area contributed by atoms with E-state index >= 15 is 0 Å². The first-order chi connectivity index (χ1) is 18.4. The molecule has 5 aromatic rings. The number of ether oxygens (including phenoxy) is 2. The number of benzene rings is 5. The van der Waals surface area contributed by atoms with Crippen LogP contribution in [0.2, 0.25) is 0 Å². The third-order valence-electron chi connectivity index (χ3n) is 6.26. The third-order valence-corrected chi connectivity index (χ3v) is 8.47. The molecule has 0 aliphatic carbocycles. The van der Waals surface area contributed by atoms with Crippen molar-refractivity contribution in [1.29, 1.82) is 0 Å². The van der Waals surface area contributed by atoms with Gasteiger partial charge < -0.3 is 9.47 Å². The van der Waals surface area contributed by atoms with Crippen molar-refractivity contribution in [3.8, 4) is 5.75 Å². The summed E-state index contributed by atoms with van der Waals surface area (Å²) in [6.45, 7) is 3.27. The molecule has 5 heteroatoms. The molecule has 0 spiro atoms. The summed E-state index contributed by atoms with van der Waals surface area (Å²) in [4.78, 5) is 15.9. The fraction of sp³-hybridized carbons (Fsp3) is 0.121. The number of esters is 1. The lowest BCUT2D eigenvalue weighted by Crippen LogP contribution is -2.28. The molecular formula is C33H28FO3S+. The van der Waals surface area contributed by atoms with Crippen molar-refractivity contribution in [3.05, 3.63) is 133 Å². The maximum atomic E-state index is 14.8. The molecule has 190 valence electrons. The van der Waals surface area contributed by atoms with Gasteiger partial charge in [0.25, 0.3) is 0 Å². The number of carbonyl (C=O) groups excluding carboxylic acids is 1. The predicted molar refractivity (Wildman–Crippen MR) is 150 cm³/mol. The highest BCUT2D eigenvalue weighted by Gasteiger charge is 2.30. The number of hydrogen-bond acceptors (Lipinski definition) is 3. The Morgan fingerprint density at radius 2 is 1.32 bits per heavy atom. The van der Waals surface area contributed by atoms with Crippen LogP contribution in [-0.4, -0.2) is 12.6 Å². The average Bonchev–Trinajstić information content (AvgIpc) is 2.94. The van der Waals surface area contributed by atoms with Crippen molar-refractivity contribution in [2.45, 2.75) is 34.1 Å². The summed E-state index contributed by atoms with van der Waals surface area (Å²) in [7, 11) is -0.463. The van der Waals surface area contributed by atoms with E-state index in [4.69, 9.17) is 9.47 Å². The van der Waals surface area contributed by atoms with Gasteiger partial charge in [-0.05, 0) is 72.6 Å². The van der Waals surface area contributed by atoms with Gasteiger partial charge in [-0.25, -0.2) is 9.18 Å². The summed E-state index contributed by atoms with van der Waals surface area (Å²) in [5, 5.41) is 2.18. The number of rotatable bonds is 8. The second-order valence-corrected chi connectivity index (χ2v) is 11.4. The Balaban J connectivity index is 1.33. The largest absolute Gasteiger partial charge is 0.479 e. The molecule has 0 unspecified atom stereocenters. The van der Waals surface area contributed by atoms with E-state index in [0.717, 1.165) is 31.0 Å². The van der Waals surface area contributed by atoms with E-state index in [2.05, 4.69) is 24.3 Å². The molecule has 0 N–H and O–H groups in total. The van der Waals surface area contributed by atoms with Crippen molar-refractivity contribution in [1.82, 2.24) is 0 Å². The van der Waals surface area contributed by atoms with E-state index in [1.54, 1.807) is 12.1 Å². The highest BCUT2D eigenvalue weighted by atomic mass is 32.2. The molecule has 0 atom stereocenters. The Morgan fingerprint density at radius 1 is 0.711 bits per heavy atom. The van der Waals surface area contributed by atoms with Crippen molar-refractivity contribution in [2.75, 3.05) is 6.61 Å². The molecule has 0 radical (unpaired) electrons. The quantitative estimate of drug-likeness (QED) is 0.153. The lowest BCUT2D eigenvalue weighted by molar-refractivity contribution is -0.159. The van der Waals surface area contributed by atoms with Crippen molar-refractivity contribution < 1.29 is 18.7 Å². The standard InChI is InChI=1S/C33H28FO3S/c1-33(2,26-18-17-24-11-9-10-12-25(24)21-26)37-32(35)23-36-31-22-29(19-20-30(31)34)38(27-13-5-3-6-14-27)28-15-7-4-8-16-28/h3-22H,23H2,1-2H3/q+1. The summed E-state index contributed by atoms with van der Waals surface area (Å²) < 4.78 is 26.2. The molecule has 0 heterocycles. The third kappa shape index (κ3) is 5.74. The maximum Gasteiger partial charge on any atom is 0.345 e. The van der Waals surface area contributed by atoms with E-state index in [-0.39, 0.29) is 5.75 Å². The Hall–Kier alpha value is -4.09. The molecule has 38 heavy (non-hydrogen) atoms. The summed E-state index contributed by atoms with van der Waals surface area (Å²) in [6.07, 6.45) is 0. The van der Waals surface area contributed by atoms with Crippen molar-refractivity contribution in [2.24, 2.45) is 0 Å².